The molecule has 0 unspecified atom stereocenters. The quantitative estimate of drug-likeness (QED) is 0.739. The first-order valence-corrected chi connectivity index (χ1v) is 9.88. The maximum Gasteiger partial charge on any atom is 0.241 e. The molecule has 1 N–H and O–H groups in total. The Hall–Kier alpha value is -0.820. The summed E-state index contributed by atoms with van der Waals surface area (Å²) in [6.45, 7) is 0.418. The van der Waals surface area contributed by atoms with Crippen molar-refractivity contribution in [3.8, 4) is 0 Å². The van der Waals surface area contributed by atoms with Gasteiger partial charge in [-0.25, -0.2) is 13.1 Å². The van der Waals surface area contributed by atoms with Gasteiger partial charge in [-0.2, -0.15) is 11.8 Å². The van der Waals surface area contributed by atoms with Gasteiger partial charge in [0.15, 0.2) is 0 Å². The summed E-state index contributed by atoms with van der Waals surface area (Å²) in [7, 11) is -3.45. The molecule has 2 aromatic carbocycles. The first-order valence-electron chi connectivity index (χ1n) is 6.45. The number of rotatable bonds is 7. The minimum Gasteiger partial charge on any atom is -0.210 e. The third kappa shape index (κ3) is 5.14. The maximum atomic E-state index is 12.1. The van der Waals surface area contributed by atoms with Gasteiger partial charge in [-0.1, -0.05) is 42.5 Å². The van der Waals surface area contributed by atoms with Crippen LogP contribution in [0.25, 0.3) is 0 Å². The van der Waals surface area contributed by atoms with E-state index in [1.807, 2.05) is 18.2 Å². The van der Waals surface area contributed by atoms with Crippen molar-refractivity contribution in [2.75, 3.05) is 12.3 Å². The summed E-state index contributed by atoms with van der Waals surface area (Å²) in [6.07, 6.45) is 0. The summed E-state index contributed by atoms with van der Waals surface area (Å²) >= 11 is 4.97. The van der Waals surface area contributed by atoms with Crippen LogP contribution in [0, 0.1) is 0 Å². The van der Waals surface area contributed by atoms with Crippen LogP contribution < -0.4 is 4.72 Å². The lowest BCUT2D eigenvalue weighted by molar-refractivity contribution is 0.583. The molecule has 0 aliphatic carbocycles. The van der Waals surface area contributed by atoms with Crippen molar-refractivity contribution < 1.29 is 8.42 Å². The molecular formula is C15H16BrNO2S2. The molecule has 112 valence electrons. The van der Waals surface area contributed by atoms with Gasteiger partial charge in [-0.3, -0.25) is 0 Å². The molecule has 6 heteroatoms. The van der Waals surface area contributed by atoms with E-state index in [1.54, 1.807) is 36.0 Å². The van der Waals surface area contributed by atoms with E-state index >= 15 is 0 Å². The lowest BCUT2D eigenvalue weighted by Crippen LogP contribution is -2.26. The van der Waals surface area contributed by atoms with Crippen molar-refractivity contribution in [2.24, 2.45) is 0 Å². The van der Waals surface area contributed by atoms with E-state index in [4.69, 9.17) is 0 Å². The fourth-order valence-corrected chi connectivity index (χ4v) is 4.73. The molecule has 0 aliphatic heterocycles. The Labute approximate surface area is 138 Å². The second kappa shape index (κ2) is 7.98. The predicted octanol–water partition coefficient (Wildman–Crippen LogP) is 3.66. The van der Waals surface area contributed by atoms with Gasteiger partial charge in [0, 0.05) is 22.5 Å². The van der Waals surface area contributed by atoms with Gasteiger partial charge in [-0.15, -0.1) is 0 Å². The molecule has 0 amide bonds. The average molecular weight is 386 g/mol. The summed E-state index contributed by atoms with van der Waals surface area (Å²) in [6, 6.07) is 16.9. The number of hydrogen-bond donors (Lipinski definition) is 1. The van der Waals surface area contributed by atoms with Crippen molar-refractivity contribution >= 4 is 37.7 Å². The standard InChI is InChI=1S/C15H16BrNO2S2/c16-14-8-4-5-9-15(14)21(18,19)17-10-11-20-12-13-6-2-1-3-7-13/h1-9,17H,10-12H2. The van der Waals surface area contributed by atoms with Crippen molar-refractivity contribution in [3.63, 3.8) is 0 Å². The van der Waals surface area contributed by atoms with E-state index in [0.717, 1.165) is 11.5 Å². The molecule has 0 atom stereocenters. The highest BCUT2D eigenvalue weighted by Crippen LogP contribution is 2.20. The van der Waals surface area contributed by atoms with Gasteiger partial charge < -0.3 is 0 Å². The zero-order valence-corrected chi connectivity index (χ0v) is 14.5. The van der Waals surface area contributed by atoms with Gasteiger partial charge in [0.25, 0.3) is 0 Å². The number of hydrogen-bond acceptors (Lipinski definition) is 3. The van der Waals surface area contributed by atoms with E-state index in [9.17, 15) is 8.42 Å². The minimum absolute atomic E-state index is 0.276. The average Bonchev–Trinajstić information content (AvgIpc) is 2.48. The topological polar surface area (TPSA) is 46.2 Å². The monoisotopic (exact) mass is 385 g/mol. The Balaban J connectivity index is 1.79. The molecule has 0 radical (unpaired) electrons. The molecule has 0 saturated heterocycles. The van der Waals surface area contributed by atoms with Crippen LogP contribution in [0.1, 0.15) is 5.56 Å². The predicted molar refractivity (Wildman–Crippen MR) is 91.9 cm³/mol. The zero-order valence-electron chi connectivity index (χ0n) is 11.3. The molecule has 0 aromatic heterocycles. The lowest BCUT2D eigenvalue weighted by atomic mass is 10.2. The Morgan fingerprint density at radius 1 is 1.00 bits per heavy atom. The van der Waals surface area contributed by atoms with Gasteiger partial charge in [0.05, 0.1) is 4.90 Å². The van der Waals surface area contributed by atoms with Crippen LogP contribution >= 0.6 is 27.7 Å². The summed E-state index contributed by atoms with van der Waals surface area (Å²) in [4.78, 5) is 0.276. The van der Waals surface area contributed by atoms with E-state index in [1.165, 1.54) is 5.56 Å². The number of sulfonamides is 1. The summed E-state index contributed by atoms with van der Waals surface area (Å²) < 4.78 is 27.5. The highest BCUT2D eigenvalue weighted by molar-refractivity contribution is 9.10. The van der Waals surface area contributed by atoms with Crippen molar-refractivity contribution in [2.45, 2.75) is 10.6 Å². The second-order valence-corrected chi connectivity index (χ2v) is 8.06. The molecule has 2 rings (SSSR count). The second-order valence-electron chi connectivity index (χ2n) is 4.37. The fourth-order valence-electron chi connectivity index (χ4n) is 1.75. The normalized spacial score (nSPS) is 11.5. The van der Waals surface area contributed by atoms with E-state index in [-0.39, 0.29) is 4.90 Å². The molecule has 0 saturated carbocycles. The molecule has 21 heavy (non-hydrogen) atoms. The fraction of sp³-hybridized carbons (Fsp3) is 0.200. The van der Waals surface area contributed by atoms with E-state index < -0.39 is 10.0 Å². The summed E-state index contributed by atoms with van der Waals surface area (Å²) in [5.41, 5.74) is 1.25. The van der Waals surface area contributed by atoms with Crippen LogP contribution in [0.3, 0.4) is 0 Å². The Kier molecular flexibility index (Phi) is 6.29. The Morgan fingerprint density at radius 2 is 1.67 bits per heavy atom. The van der Waals surface area contributed by atoms with E-state index in [0.29, 0.717) is 11.0 Å². The van der Waals surface area contributed by atoms with Gasteiger partial charge in [0.1, 0.15) is 0 Å². The molecule has 2 aromatic rings. The number of thioether (sulfide) groups is 1. The highest BCUT2D eigenvalue weighted by Gasteiger charge is 2.15. The van der Waals surface area contributed by atoms with Crippen LogP contribution in [0.5, 0.6) is 0 Å². The van der Waals surface area contributed by atoms with Crippen LogP contribution in [-0.2, 0) is 15.8 Å². The van der Waals surface area contributed by atoms with Crippen molar-refractivity contribution in [1.82, 2.24) is 4.72 Å². The first kappa shape index (κ1) is 16.5. The zero-order chi connectivity index (χ0) is 15.1. The number of halogens is 1. The van der Waals surface area contributed by atoms with Crippen molar-refractivity contribution in [3.05, 3.63) is 64.6 Å². The van der Waals surface area contributed by atoms with E-state index in [2.05, 4.69) is 32.8 Å². The first-order chi connectivity index (χ1) is 10.1. The molecular weight excluding hydrogens is 370 g/mol. The largest absolute Gasteiger partial charge is 0.241 e. The Morgan fingerprint density at radius 3 is 2.38 bits per heavy atom. The highest BCUT2D eigenvalue weighted by atomic mass is 79.9. The van der Waals surface area contributed by atoms with Gasteiger partial charge >= 0.3 is 0 Å². The molecule has 0 aliphatic rings. The third-order valence-electron chi connectivity index (χ3n) is 2.78. The maximum absolute atomic E-state index is 12.1. The molecule has 0 heterocycles. The summed E-state index contributed by atoms with van der Waals surface area (Å²) in [5, 5.41) is 0. The molecule has 0 spiro atoms. The SMILES string of the molecule is O=S(=O)(NCCSCc1ccccc1)c1ccccc1Br. The van der Waals surface area contributed by atoms with Crippen LogP contribution in [0.4, 0.5) is 0 Å². The van der Waals surface area contributed by atoms with Gasteiger partial charge in [0.2, 0.25) is 10.0 Å². The Bertz CT molecular complexity index is 675. The summed E-state index contributed by atoms with van der Waals surface area (Å²) in [5.74, 6) is 1.62. The van der Waals surface area contributed by atoms with Crippen LogP contribution in [0.2, 0.25) is 0 Å². The number of benzene rings is 2. The van der Waals surface area contributed by atoms with Crippen LogP contribution in [0.15, 0.2) is 64.0 Å². The number of nitrogens with one attached hydrogen (secondary N) is 1. The third-order valence-corrected chi connectivity index (χ3v) is 6.28. The lowest BCUT2D eigenvalue weighted by Gasteiger charge is -2.08. The van der Waals surface area contributed by atoms with Crippen molar-refractivity contribution in [1.29, 1.82) is 0 Å². The van der Waals surface area contributed by atoms with Gasteiger partial charge in [-0.05, 0) is 33.6 Å². The minimum atomic E-state index is -3.45. The molecule has 3 nitrogen and oxygen atoms in total. The molecule has 0 bridgehead atoms. The molecule has 0 fully saturated rings. The van der Waals surface area contributed by atoms with Crippen LogP contribution in [-0.4, -0.2) is 20.7 Å². The smallest absolute Gasteiger partial charge is 0.210 e.